The Morgan fingerprint density at radius 2 is 1.78 bits per heavy atom. The lowest BCUT2D eigenvalue weighted by atomic mass is 10.2. The van der Waals surface area contributed by atoms with Gasteiger partial charge in [0.25, 0.3) is 11.5 Å². The van der Waals surface area contributed by atoms with E-state index in [0.29, 0.717) is 17.0 Å². The molecule has 186 valence electrons. The van der Waals surface area contributed by atoms with Crippen molar-refractivity contribution in [2.75, 3.05) is 11.9 Å². The average Bonchev–Trinajstić information content (AvgIpc) is 3.37. The van der Waals surface area contributed by atoms with Gasteiger partial charge in [0.15, 0.2) is 17.3 Å². The van der Waals surface area contributed by atoms with Gasteiger partial charge in [-0.1, -0.05) is 0 Å². The fourth-order valence-electron chi connectivity index (χ4n) is 3.79. The van der Waals surface area contributed by atoms with E-state index in [1.807, 2.05) is 0 Å². The smallest absolute Gasteiger partial charge is 0.271 e. The zero-order chi connectivity index (χ0) is 25.9. The number of fused-ring (bicyclic) bond motifs is 1. The van der Waals surface area contributed by atoms with Crippen molar-refractivity contribution in [2.24, 2.45) is 0 Å². The second-order valence-corrected chi connectivity index (χ2v) is 7.87. The summed E-state index contributed by atoms with van der Waals surface area (Å²) in [6.07, 6.45) is 4.77. The molecule has 37 heavy (non-hydrogen) atoms. The predicted molar refractivity (Wildman–Crippen MR) is 133 cm³/mol. The van der Waals surface area contributed by atoms with Crippen LogP contribution in [0.4, 0.5) is 14.5 Å². The summed E-state index contributed by atoms with van der Waals surface area (Å²) in [6, 6.07) is 15.8. The number of aromatic nitrogens is 3. The second kappa shape index (κ2) is 9.94. The van der Waals surface area contributed by atoms with Gasteiger partial charge in [-0.25, -0.2) is 13.3 Å². The first-order valence-corrected chi connectivity index (χ1v) is 11.3. The van der Waals surface area contributed by atoms with Crippen LogP contribution in [0.2, 0.25) is 0 Å². The molecule has 0 bridgehead atoms. The summed E-state index contributed by atoms with van der Waals surface area (Å²) < 4.78 is 42.2. The summed E-state index contributed by atoms with van der Waals surface area (Å²) in [5.41, 5.74) is 0.177. The number of nitrogens with zero attached hydrogens (tertiary/aromatic N) is 3. The van der Waals surface area contributed by atoms with Crippen molar-refractivity contribution in [3.05, 3.63) is 113 Å². The molecule has 0 aliphatic heterocycles. The zero-order valence-electron chi connectivity index (χ0n) is 19.5. The number of carbonyl (C=O) groups is 1. The molecule has 0 atom stereocenters. The number of benzene rings is 2. The van der Waals surface area contributed by atoms with E-state index in [-0.39, 0.29) is 29.4 Å². The van der Waals surface area contributed by atoms with Crippen LogP contribution in [-0.2, 0) is 0 Å². The Morgan fingerprint density at radius 1 is 0.973 bits per heavy atom. The van der Waals surface area contributed by atoms with Gasteiger partial charge in [0.2, 0.25) is 0 Å². The monoisotopic (exact) mass is 502 g/mol. The third-order valence-electron chi connectivity index (χ3n) is 5.49. The number of hydrogen-bond acceptors (Lipinski definition) is 5. The van der Waals surface area contributed by atoms with Crippen molar-refractivity contribution in [3.63, 3.8) is 0 Å². The molecule has 10 heteroatoms. The van der Waals surface area contributed by atoms with E-state index in [2.05, 4.69) is 10.4 Å². The molecule has 8 nitrogen and oxygen atoms in total. The number of amides is 1. The van der Waals surface area contributed by atoms with Crippen LogP contribution in [0.5, 0.6) is 17.2 Å². The highest BCUT2D eigenvalue weighted by Gasteiger charge is 2.21. The van der Waals surface area contributed by atoms with Crippen molar-refractivity contribution < 1.29 is 23.0 Å². The molecule has 0 aliphatic rings. The molecule has 0 saturated carbocycles. The Kier molecular flexibility index (Phi) is 6.38. The zero-order valence-corrected chi connectivity index (χ0v) is 19.5. The molecule has 5 rings (SSSR count). The number of hydrogen-bond donors (Lipinski definition) is 1. The summed E-state index contributed by atoms with van der Waals surface area (Å²) >= 11 is 0. The first kappa shape index (κ1) is 23.7. The van der Waals surface area contributed by atoms with Gasteiger partial charge in [-0.15, -0.1) is 0 Å². The lowest BCUT2D eigenvalue weighted by molar-refractivity contribution is 0.102. The van der Waals surface area contributed by atoms with Gasteiger partial charge in [0.05, 0.1) is 12.8 Å². The normalized spacial score (nSPS) is 10.9. The third kappa shape index (κ3) is 4.76. The predicted octanol–water partition coefficient (Wildman–Crippen LogP) is 5.21. The number of anilines is 1. The minimum atomic E-state index is -0.790. The Balaban J connectivity index is 1.43. The number of ether oxygens (including phenoxy) is 2. The molecule has 2 aromatic carbocycles. The highest BCUT2D eigenvalue weighted by Crippen LogP contribution is 2.30. The number of pyridine rings is 2. The first-order valence-electron chi connectivity index (χ1n) is 11.3. The Morgan fingerprint density at radius 3 is 2.54 bits per heavy atom. The van der Waals surface area contributed by atoms with Crippen molar-refractivity contribution in [3.8, 4) is 22.9 Å². The molecular weight excluding hydrogens is 482 g/mol. The Labute approximate surface area is 209 Å². The minimum absolute atomic E-state index is 0.0549. The van der Waals surface area contributed by atoms with Crippen molar-refractivity contribution in [2.45, 2.75) is 6.92 Å². The lowest BCUT2D eigenvalue weighted by Gasteiger charge is -2.14. The summed E-state index contributed by atoms with van der Waals surface area (Å²) in [4.78, 5) is 26.4. The maximum atomic E-state index is 14.9. The van der Waals surface area contributed by atoms with E-state index >= 15 is 0 Å². The molecule has 0 aliphatic carbocycles. The van der Waals surface area contributed by atoms with Crippen LogP contribution < -0.4 is 20.3 Å². The number of carbonyl (C=O) groups excluding carboxylic acids is 1. The molecule has 0 unspecified atom stereocenters. The van der Waals surface area contributed by atoms with Gasteiger partial charge >= 0.3 is 0 Å². The number of halogens is 2. The van der Waals surface area contributed by atoms with E-state index in [9.17, 15) is 18.4 Å². The number of rotatable bonds is 7. The van der Waals surface area contributed by atoms with Gasteiger partial charge in [0.1, 0.15) is 22.6 Å². The van der Waals surface area contributed by atoms with Crippen LogP contribution in [0.25, 0.3) is 11.2 Å². The standard InChI is InChI=1S/C27H20F2N4O4/c1-2-36-24-12-15-32(19-8-5-17(28)6-9-19)27(35)25(24)26(34)31-18-7-10-22(20(29)16-18)37-23-4-3-14-33-21(23)11-13-30-33/h3-16H,2H2,1H3,(H,31,34). The fraction of sp³-hybridized carbons (Fsp3) is 0.0741. The molecule has 3 aromatic heterocycles. The van der Waals surface area contributed by atoms with Crippen LogP contribution in [-0.4, -0.2) is 26.7 Å². The summed E-state index contributed by atoms with van der Waals surface area (Å²) in [6.45, 7) is 1.93. The fourth-order valence-corrected chi connectivity index (χ4v) is 3.79. The molecule has 1 amide bonds. The highest BCUT2D eigenvalue weighted by atomic mass is 19.1. The van der Waals surface area contributed by atoms with Gasteiger partial charge in [-0.3, -0.25) is 14.2 Å². The van der Waals surface area contributed by atoms with Crippen LogP contribution in [0.1, 0.15) is 17.3 Å². The minimum Gasteiger partial charge on any atom is -0.493 e. The second-order valence-electron chi connectivity index (χ2n) is 7.87. The Bertz CT molecular complexity index is 1660. The van der Waals surface area contributed by atoms with Crippen molar-refractivity contribution >= 4 is 17.1 Å². The quantitative estimate of drug-likeness (QED) is 0.330. The molecule has 5 aromatic rings. The van der Waals surface area contributed by atoms with Crippen molar-refractivity contribution in [1.82, 2.24) is 14.2 Å². The average molecular weight is 502 g/mol. The van der Waals surface area contributed by atoms with Crippen LogP contribution >= 0.6 is 0 Å². The summed E-state index contributed by atoms with van der Waals surface area (Å²) in [5.74, 6) is -1.55. The van der Waals surface area contributed by atoms with Gasteiger partial charge in [-0.2, -0.15) is 5.10 Å². The summed E-state index contributed by atoms with van der Waals surface area (Å²) in [7, 11) is 0. The summed E-state index contributed by atoms with van der Waals surface area (Å²) in [5, 5.41) is 6.66. The first-order chi connectivity index (χ1) is 17.9. The van der Waals surface area contributed by atoms with E-state index in [0.717, 1.165) is 6.07 Å². The van der Waals surface area contributed by atoms with Crippen molar-refractivity contribution in [1.29, 1.82) is 0 Å². The molecule has 0 saturated heterocycles. The molecule has 1 N–H and O–H groups in total. The highest BCUT2D eigenvalue weighted by molar-refractivity contribution is 6.06. The van der Waals surface area contributed by atoms with E-state index in [1.165, 1.54) is 53.2 Å². The molecule has 0 spiro atoms. The van der Waals surface area contributed by atoms with Gasteiger partial charge < -0.3 is 14.8 Å². The van der Waals surface area contributed by atoms with Gasteiger partial charge in [-0.05, 0) is 67.6 Å². The maximum absolute atomic E-state index is 14.9. The van der Waals surface area contributed by atoms with Crippen LogP contribution in [0.15, 0.2) is 90.1 Å². The van der Waals surface area contributed by atoms with Crippen LogP contribution in [0, 0.1) is 11.6 Å². The lowest BCUT2D eigenvalue weighted by Crippen LogP contribution is -2.29. The van der Waals surface area contributed by atoms with E-state index in [1.54, 1.807) is 42.0 Å². The largest absolute Gasteiger partial charge is 0.493 e. The molecule has 0 radical (unpaired) electrons. The molecule has 3 heterocycles. The van der Waals surface area contributed by atoms with E-state index < -0.39 is 23.1 Å². The van der Waals surface area contributed by atoms with E-state index in [4.69, 9.17) is 9.47 Å². The molecule has 0 fully saturated rings. The Hall–Kier alpha value is -4.99. The van der Waals surface area contributed by atoms with Gasteiger partial charge in [0, 0.05) is 29.8 Å². The SMILES string of the molecule is CCOc1ccn(-c2ccc(F)cc2)c(=O)c1C(=O)Nc1ccc(Oc2cccn3nccc23)c(F)c1. The maximum Gasteiger partial charge on any atom is 0.271 e. The molecular formula is C27H20F2N4O4. The van der Waals surface area contributed by atoms with Crippen LogP contribution in [0.3, 0.4) is 0 Å². The third-order valence-corrected chi connectivity index (χ3v) is 5.49. The number of nitrogens with one attached hydrogen (secondary N) is 1. The topological polar surface area (TPSA) is 86.9 Å².